The van der Waals surface area contributed by atoms with Crippen molar-refractivity contribution in [2.45, 2.75) is 27.2 Å². The van der Waals surface area contributed by atoms with Gasteiger partial charge >= 0.3 is 5.97 Å². The fourth-order valence-electron chi connectivity index (χ4n) is 1.66. The number of aliphatic carboxylic acids is 1. The maximum atomic E-state index is 12.1. The van der Waals surface area contributed by atoms with Gasteiger partial charge in [-0.15, -0.1) is 0 Å². The second kappa shape index (κ2) is 6.72. The molecule has 110 valence electrons. The first-order valence-electron chi connectivity index (χ1n) is 6.15. The van der Waals surface area contributed by atoms with Crippen molar-refractivity contribution in [1.82, 2.24) is 0 Å². The maximum absolute atomic E-state index is 12.1. The number of carboxylic acid groups (broad SMARTS) is 1. The Labute approximate surface area is 135 Å². The number of halogens is 2. The topological polar surface area (TPSA) is 66.4 Å². The van der Waals surface area contributed by atoms with Crippen molar-refractivity contribution in [3.05, 3.63) is 27.1 Å². The van der Waals surface area contributed by atoms with Gasteiger partial charge in [0, 0.05) is 15.4 Å². The molecule has 1 aromatic carbocycles. The molecule has 2 N–H and O–H groups in total. The Morgan fingerprint density at radius 3 is 2.20 bits per heavy atom. The molecule has 0 fully saturated rings. The molecule has 1 unspecified atom stereocenters. The van der Waals surface area contributed by atoms with Gasteiger partial charge in [0.1, 0.15) is 0 Å². The lowest BCUT2D eigenvalue weighted by Gasteiger charge is -2.28. The van der Waals surface area contributed by atoms with Crippen LogP contribution < -0.4 is 5.32 Å². The molecular formula is C14H17Br2NO3. The fourth-order valence-corrected chi connectivity index (χ4v) is 2.86. The predicted octanol–water partition coefficient (Wildman–Crippen LogP) is 4.29. The first-order chi connectivity index (χ1) is 9.18. The highest BCUT2D eigenvalue weighted by atomic mass is 79.9. The number of carbonyl (C=O) groups is 2. The summed E-state index contributed by atoms with van der Waals surface area (Å²) in [6, 6.07) is 5.44. The number of benzene rings is 1. The van der Waals surface area contributed by atoms with Crippen molar-refractivity contribution >= 4 is 49.4 Å². The molecule has 1 amide bonds. The average Bonchev–Trinajstić information content (AvgIpc) is 2.33. The molecule has 0 spiro atoms. The third-order valence-corrected chi connectivity index (χ3v) is 4.84. The molecule has 1 atom stereocenters. The molecule has 1 rings (SSSR count). The summed E-state index contributed by atoms with van der Waals surface area (Å²) in [4.78, 5) is 23.5. The minimum absolute atomic E-state index is 0.0756. The van der Waals surface area contributed by atoms with Gasteiger partial charge < -0.3 is 10.4 Å². The first kappa shape index (κ1) is 17.2. The van der Waals surface area contributed by atoms with E-state index in [1.807, 2.05) is 6.07 Å². The van der Waals surface area contributed by atoms with E-state index in [2.05, 4.69) is 37.2 Å². The van der Waals surface area contributed by atoms with E-state index in [4.69, 9.17) is 0 Å². The van der Waals surface area contributed by atoms with E-state index in [9.17, 15) is 14.7 Å². The standard InChI is InChI=1S/C14H17Br2NO3/c1-8(2)14(3,13(19)20)7-11(18)17-12-9(15)5-4-6-10(12)16/h4-6,8H,7H2,1-3H3,(H,17,18)(H,19,20). The number of hydrogen-bond donors (Lipinski definition) is 2. The number of carbonyl (C=O) groups excluding carboxylic acids is 1. The van der Waals surface area contributed by atoms with E-state index in [0.717, 1.165) is 8.95 Å². The van der Waals surface area contributed by atoms with Gasteiger partial charge in [-0.25, -0.2) is 0 Å². The molecule has 0 aromatic heterocycles. The Kier molecular flexibility index (Phi) is 5.77. The summed E-state index contributed by atoms with van der Waals surface area (Å²) in [5.41, 5.74) is -0.480. The summed E-state index contributed by atoms with van der Waals surface area (Å²) < 4.78 is 1.48. The molecule has 6 heteroatoms. The molecule has 0 aliphatic rings. The van der Waals surface area contributed by atoms with Gasteiger partial charge in [0.25, 0.3) is 0 Å². The van der Waals surface area contributed by atoms with Crippen molar-refractivity contribution in [3.8, 4) is 0 Å². The zero-order valence-electron chi connectivity index (χ0n) is 11.5. The van der Waals surface area contributed by atoms with Gasteiger partial charge in [0.05, 0.1) is 11.1 Å². The lowest BCUT2D eigenvalue weighted by Crippen LogP contribution is -2.37. The predicted molar refractivity (Wildman–Crippen MR) is 85.7 cm³/mol. The van der Waals surface area contributed by atoms with Crippen molar-refractivity contribution < 1.29 is 14.7 Å². The number of rotatable bonds is 5. The molecule has 0 heterocycles. The van der Waals surface area contributed by atoms with Gasteiger partial charge in [-0.3, -0.25) is 9.59 Å². The minimum Gasteiger partial charge on any atom is -0.481 e. The van der Waals surface area contributed by atoms with Crippen molar-refractivity contribution in [2.75, 3.05) is 5.32 Å². The van der Waals surface area contributed by atoms with Crippen molar-refractivity contribution in [3.63, 3.8) is 0 Å². The number of nitrogens with one attached hydrogen (secondary N) is 1. The van der Waals surface area contributed by atoms with Crippen LogP contribution in [0.5, 0.6) is 0 Å². The number of amides is 1. The Morgan fingerprint density at radius 1 is 1.30 bits per heavy atom. The lowest BCUT2D eigenvalue weighted by molar-refractivity contribution is -0.153. The molecule has 1 aromatic rings. The summed E-state index contributed by atoms with van der Waals surface area (Å²) >= 11 is 6.70. The minimum atomic E-state index is -1.09. The Balaban J connectivity index is 2.90. The molecular weight excluding hydrogens is 390 g/mol. The van der Waals surface area contributed by atoms with E-state index in [-0.39, 0.29) is 18.2 Å². The third-order valence-electron chi connectivity index (χ3n) is 3.52. The highest BCUT2D eigenvalue weighted by molar-refractivity contribution is 9.11. The highest BCUT2D eigenvalue weighted by Crippen LogP contribution is 2.34. The molecule has 0 aliphatic heterocycles. The first-order valence-corrected chi connectivity index (χ1v) is 7.74. The Bertz CT molecular complexity index is 511. The molecule has 20 heavy (non-hydrogen) atoms. The molecule has 4 nitrogen and oxygen atoms in total. The normalized spacial score (nSPS) is 13.9. The third kappa shape index (κ3) is 3.82. The molecule has 0 saturated heterocycles. The fraction of sp³-hybridized carbons (Fsp3) is 0.429. The van der Waals surface area contributed by atoms with Crippen LogP contribution in [0.15, 0.2) is 27.1 Å². The van der Waals surface area contributed by atoms with Gasteiger partial charge in [-0.2, -0.15) is 0 Å². The van der Waals surface area contributed by atoms with E-state index in [1.54, 1.807) is 32.9 Å². The zero-order valence-corrected chi connectivity index (χ0v) is 14.7. The van der Waals surface area contributed by atoms with Crippen LogP contribution >= 0.6 is 31.9 Å². The van der Waals surface area contributed by atoms with Crippen molar-refractivity contribution in [2.24, 2.45) is 11.3 Å². The van der Waals surface area contributed by atoms with Crippen LogP contribution in [0.25, 0.3) is 0 Å². The molecule has 0 aliphatic carbocycles. The van der Waals surface area contributed by atoms with Gasteiger partial charge in [-0.1, -0.05) is 19.9 Å². The molecule has 0 saturated carbocycles. The number of hydrogen-bond acceptors (Lipinski definition) is 2. The second-order valence-corrected chi connectivity index (χ2v) is 6.91. The zero-order chi connectivity index (χ0) is 15.5. The number of carboxylic acids is 1. The Morgan fingerprint density at radius 2 is 1.80 bits per heavy atom. The van der Waals surface area contributed by atoms with Gasteiger partial charge in [0.15, 0.2) is 0 Å². The number of para-hydroxylation sites is 1. The van der Waals surface area contributed by atoms with Crippen LogP contribution in [0.3, 0.4) is 0 Å². The SMILES string of the molecule is CC(C)C(C)(CC(=O)Nc1c(Br)cccc1Br)C(=O)O. The van der Waals surface area contributed by atoms with Crippen LogP contribution in [0.1, 0.15) is 27.2 Å². The number of anilines is 1. The Hall–Kier alpha value is -0.880. The largest absolute Gasteiger partial charge is 0.481 e. The van der Waals surface area contributed by atoms with E-state index < -0.39 is 11.4 Å². The summed E-state index contributed by atoms with van der Waals surface area (Å²) in [5, 5.41) is 12.1. The van der Waals surface area contributed by atoms with Gasteiger partial charge in [-0.05, 0) is 56.8 Å². The van der Waals surface area contributed by atoms with Crippen LogP contribution in [0.4, 0.5) is 5.69 Å². The van der Waals surface area contributed by atoms with E-state index in [1.165, 1.54) is 0 Å². The quantitative estimate of drug-likeness (QED) is 0.766. The molecule has 0 bridgehead atoms. The summed E-state index contributed by atoms with van der Waals surface area (Å²) in [5.74, 6) is -1.43. The lowest BCUT2D eigenvalue weighted by atomic mass is 9.76. The summed E-state index contributed by atoms with van der Waals surface area (Å²) in [6.45, 7) is 5.19. The highest BCUT2D eigenvalue weighted by Gasteiger charge is 2.38. The van der Waals surface area contributed by atoms with E-state index >= 15 is 0 Å². The second-order valence-electron chi connectivity index (χ2n) is 5.20. The van der Waals surface area contributed by atoms with E-state index in [0.29, 0.717) is 5.69 Å². The van der Waals surface area contributed by atoms with Crippen molar-refractivity contribution in [1.29, 1.82) is 0 Å². The summed E-state index contributed by atoms with van der Waals surface area (Å²) in [6.07, 6.45) is -0.0756. The maximum Gasteiger partial charge on any atom is 0.310 e. The average molecular weight is 407 g/mol. The van der Waals surface area contributed by atoms with Crippen LogP contribution in [-0.4, -0.2) is 17.0 Å². The monoisotopic (exact) mass is 405 g/mol. The van der Waals surface area contributed by atoms with Gasteiger partial charge in [0.2, 0.25) is 5.91 Å². The molecule has 0 radical (unpaired) electrons. The van der Waals surface area contributed by atoms with Crippen LogP contribution in [0, 0.1) is 11.3 Å². The van der Waals surface area contributed by atoms with Crippen LogP contribution in [-0.2, 0) is 9.59 Å². The smallest absolute Gasteiger partial charge is 0.310 e. The van der Waals surface area contributed by atoms with Crippen LogP contribution in [0.2, 0.25) is 0 Å². The summed E-state index contributed by atoms with van der Waals surface area (Å²) in [7, 11) is 0.